The van der Waals surface area contributed by atoms with Gasteiger partial charge in [0.2, 0.25) is 0 Å². The van der Waals surface area contributed by atoms with Crippen LogP contribution in [0.15, 0.2) is 176 Å². The quantitative estimate of drug-likeness (QED) is 0.184. The summed E-state index contributed by atoms with van der Waals surface area (Å²) in [4.78, 5) is 0. The molecule has 254 valence electrons. The van der Waals surface area contributed by atoms with Crippen molar-refractivity contribution >= 4 is 65.4 Å². The maximum Gasteiger partial charge on any atom is 0.0998 e. The molecule has 0 fully saturated rings. The van der Waals surface area contributed by atoms with Gasteiger partial charge >= 0.3 is 0 Å². The van der Waals surface area contributed by atoms with Gasteiger partial charge in [-0.3, -0.25) is 0 Å². The van der Waals surface area contributed by atoms with Crippen LogP contribution in [-0.4, -0.2) is 13.7 Å². The van der Waals surface area contributed by atoms with Crippen molar-refractivity contribution in [2.75, 3.05) is 0 Å². The molecule has 0 aliphatic carbocycles. The van der Waals surface area contributed by atoms with E-state index in [2.05, 4.69) is 165 Å². The first-order valence-corrected chi connectivity index (χ1v) is 18.3. The first-order valence-electron chi connectivity index (χ1n) is 18.3. The summed E-state index contributed by atoms with van der Waals surface area (Å²) in [5, 5.41) is 27.3. The van der Waals surface area contributed by atoms with E-state index in [-0.39, 0.29) is 0 Å². The highest BCUT2D eigenvalue weighted by Gasteiger charge is 2.22. The first kappa shape index (κ1) is 30.7. The Hall–Kier alpha value is -7.86. The molecule has 3 heterocycles. The zero-order valence-corrected chi connectivity index (χ0v) is 29.5. The van der Waals surface area contributed by atoms with Crippen LogP contribution in [0.4, 0.5) is 0 Å². The molecule has 11 aromatic rings. The molecule has 0 aliphatic rings. The maximum absolute atomic E-state index is 10.5. The van der Waals surface area contributed by atoms with Crippen LogP contribution in [0.3, 0.4) is 0 Å². The fourth-order valence-electron chi connectivity index (χ4n) is 8.90. The average molecular weight is 700 g/mol. The standard InChI is InChI=1S/C50H29N5/c51-30-33-12-9-23-45(55-44-22-8-4-17-40(44)49-34(31-52)13-10-24-46(49)55)48(33)32-26-28-35(29-27-32)53-41-19-5-3-16-38(41)39-18-11-25-47(50(39)53)54-42-20-6-1-14-36(42)37-15-2-7-21-43(37)54/h1-29H. The third-order valence-corrected chi connectivity index (χ3v) is 11.1. The van der Waals surface area contributed by atoms with Crippen LogP contribution >= 0.6 is 0 Å². The van der Waals surface area contributed by atoms with Crippen LogP contribution in [0, 0.1) is 22.7 Å². The Kier molecular flexibility index (Phi) is 6.61. The van der Waals surface area contributed by atoms with Crippen molar-refractivity contribution < 1.29 is 0 Å². The summed E-state index contributed by atoms with van der Waals surface area (Å²) in [6.45, 7) is 0. The fraction of sp³-hybridized carbons (Fsp3) is 0. The summed E-state index contributed by atoms with van der Waals surface area (Å²) in [7, 11) is 0. The van der Waals surface area contributed by atoms with E-state index in [4.69, 9.17) is 0 Å². The summed E-state index contributed by atoms with van der Waals surface area (Å²) in [6, 6.07) is 65.9. The Labute approximate surface area is 316 Å². The Bertz CT molecular complexity index is 3400. The second kappa shape index (κ2) is 11.8. The molecule has 3 aromatic heterocycles. The Morgan fingerprint density at radius 1 is 0.345 bits per heavy atom. The van der Waals surface area contributed by atoms with Crippen LogP contribution in [0.2, 0.25) is 0 Å². The molecule has 0 radical (unpaired) electrons. The summed E-state index contributed by atoms with van der Waals surface area (Å²) in [5.74, 6) is 0. The van der Waals surface area contributed by atoms with E-state index in [1.165, 1.54) is 21.5 Å². The van der Waals surface area contributed by atoms with E-state index in [0.29, 0.717) is 11.1 Å². The van der Waals surface area contributed by atoms with Gasteiger partial charge in [0.1, 0.15) is 0 Å². The molecule has 5 nitrogen and oxygen atoms in total. The molecule has 5 heteroatoms. The molecule has 0 aliphatic heterocycles. The summed E-state index contributed by atoms with van der Waals surface area (Å²) in [5.41, 5.74) is 12.5. The van der Waals surface area contributed by atoms with Crippen LogP contribution in [0.5, 0.6) is 0 Å². The van der Waals surface area contributed by atoms with Crippen molar-refractivity contribution in [3.8, 4) is 40.3 Å². The van der Waals surface area contributed by atoms with Crippen LogP contribution < -0.4 is 0 Å². The number of hydrogen-bond acceptors (Lipinski definition) is 2. The lowest BCUT2D eigenvalue weighted by Gasteiger charge is -2.17. The van der Waals surface area contributed by atoms with Crippen molar-refractivity contribution in [2.45, 2.75) is 0 Å². The Morgan fingerprint density at radius 3 is 1.45 bits per heavy atom. The second-order valence-corrected chi connectivity index (χ2v) is 13.9. The number of rotatable bonds is 4. The molecule has 11 rings (SSSR count). The third-order valence-electron chi connectivity index (χ3n) is 11.1. The molecule has 0 amide bonds. The minimum Gasteiger partial charge on any atom is -0.309 e. The predicted molar refractivity (Wildman–Crippen MR) is 224 cm³/mol. The lowest BCUT2D eigenvalue weighted by Crippen LogP contribution is -2.01. The van der Waals surface area contributed by atoms with Gasteiger partial charge in [-0.05, 0) is 72.3 Å². The molecule has 0 atom stereocenters. The number of para-hydroxylation sites is 5. The Balaban J connectivity index is 1.16. The van der Waals surface area contributed by atoms with Crippen molar-refractivity contribution in [3.05, 3.63) is 187 Å². The maximum atomic E-state index is 10.5. The van der Waals surface area contributed by atoms with Crippen molar-refractivity contribution in [1.29, 1.82) is 10.5 Å². The van der Waals surface area contributed by atoms with Crippen LogP contribution in [0.1, 0.15) is 11.1 Å². The van der Waals surface area contributed by atoms with Gasteiger partial charge in [-0.15, -0.1) is 0 Å². The van der Waals surface area contributed by atoms with Crippen molar-refractivity contribution in [2.24, 2.45) is 0 Å². The number of fused-ring (bicyclic) bond motifs is 9. The molecular formula is C50H29N5. The van der Waals surface area contributed by atoms with E-state index in [1.54, 1.807) is 0 Å². The monoisotopic (exact) mass is 699 g/mol. The van der Waals surface area contributed by atoms with Crippen LogP contribution in [-0.2, 0) is 0 Å². The van der Waals surface area contributed by atoms with E-state index in [0.717, 1.165) is 72.1 Å². The van der Waals surface area contributed by atoms with Gasteiger partial charge in [-0.1, -0.05) is 109 Å². The highest BCUT2D eigenvalue weighted by molar-refractivity contribution is 6.15. The number of benzene rings is 8. The van der Waals surface area contributed by atoms with Gasteiger partial charge in [0.25, 0.3) is 0 Å². The van der Waals surface area contributed by atoms with E-state index in [9.17, 15) is 10.5 Å². The molecule has 0 N–H and O–H groups in total. The highest BCUT2D eigenvalue weighted by atomic mass is 15.1. The predicted octanol–water partition coefficient (Wildman–Crippen LogP) is 12.4. The SMILES string of the molecule is N#Cc1cccc(-n2c3ccccc3c3c(C#N)cccc32)c1-c1ccc(-n2c3ccccc3c3cccc(-n4c5ccccc5c5ccccc54)c32)cc1. The van der Waals surface area contributed by atoms with Crippen molar-refractivity contribution in [3.63, 3.8) is 0 Å². The number of nitriles is 2. The molecule has 55 heavy (non-hydrogen) atoms. The molecule has 0 spiro atoms. The summed E-state index contributed by atoms with van der Waals surface area (Å²) in [6.07, 6.45) is 0. The van der Waals surface area contributed by atoms with Gasteiger partial charge in [-0.2, -0.15) is 10.5 Å². The normalized spacial score (nSPS) is 11.6. The molecule has 0 saturated heterocycles. The van der Waals surface area contributed by atoms with E-state index >= 15 is 0 Å². The van der Waals surface area contributed by atoms with E-state index < -0.39 is 0 Å². The van der Waals surface area contributed by atoms with Gasteiger partial charge < -0.3 is 13.7 Å². The lowest BCUT2D eigenvalue weighted by atomic mass is 9.97. The molecule has 8 aromatic carbocycles. The first-order chi connectivity index (χ1) is 27.2. The number of aromatic nitrogens is 3. The van der Waals surface area contributed by atoms with Gasteiger partial charge in [-0.25, -0.2) is 0 Å². The molecule has 0 bridgehead atoms. The van der Waals surface area contributed by atoms with Crippen molar-refractivity contribution in [1.82, 2.24) is 13.7 Å². The van der Waals surface area contributed by atoms with Gasteiger partial charge in [0.05, 0.1) is 67.7 Å². The molecule has 0 saturated carbocycles. The summed E-state index contributed by atoms with van der Waals surface area (Å²) >= 11 is 0. The minimum atomic E-state index is 0.582. The molecule has 0 unspecified atom stereocenters. The van der Waals surface area contributed by atoms with Crippen LogP contribution in [0.25, 0.3) is 93.6 Å². The zero-order valence-electron chi connectivity index (χ0n) is 29.5. The second-order valence-electron chi connectivity index (χ2n) is 13.9. The fourth-order valence-corrected chi connectivity index (χ4v) is 8.90. The molecular weight excluding hydrogens is 671 g/mol. The third kappa shape index (κ3) is 4.33. The van der Waals surface area contributed by atoms with Gasteiger partial charge in [0, 0.05) is 43.6 Å². The number of nitrogens with zero attached hydrogens (tertiary/aromatic N) is 5. The smallest absolute Gasteiger partial charge is 0.0998 e. The Morgan fingerprint density at radius 2 is 0.800 bits per heavy atom. The van der Waals surface area contributed by atoms with E-state index in [1.807, 2.05) is 36.4 Å². The largest absolute Gasteiger partial charge is 0.309 e. The number of hydrogen-bond donors (Lipinski definition) is 0. The minimum absolute atomic E-state index is 0.582. The van der Waals surface area contributed by atoms with Gasteiger partial charge in [0.15, 0.2) is 0 Å². The zero-order chi connectivity index (χ0) is 36.6. The summed E-state index contributed by atoms with van der Waals surface area (Å²) < 4.78 is 6.97. The lowest BCUT2D eigenvalue weighted by molar-refractivity contribution is 1.13. The topological polar surface area (TPSA) is 62.4 Å². The highest BCUT2D eigenvalue weighted by Crippen LogP contribution is 2.42. The average Bonchev–Trinajstić information content (AvgIpc) is 3.89.